The van der Waals surface area contributed by atoms with E-state index in [1.807, 2.05) is 0 Å². The molecule has 2 aliphatic heterocycles. The number of nitrogens with zero attached hydrogens (tertiary/aromatic N) is 2. The van der Waals surface area contributed by atoms with Crippen molar-refractivity contribution in [2.75, 3.05) is 32.7 Å². The molecule has 2 fully saturated rings. The molecule has 0 atom stereocenters. The van der Waals surface area contributed by atoms with Crippen molar-refractivity contribution in [2.24, 2.45) is 5.92 Å². The van der Waals surface area contributed by atoms with Crippen molar-refractivity contribution in [2.45, 2.75) is 43.4 Å². The number of halogens is 2. The number of hydrogen-bond acceptors (Lipinski definition) is 3. The summed E-state index contributed by atoms with van der Waals surface area (Å²) in [5, 5.41) is 0. The second-order valence-corrected chi connectivity index (χ2v) is 9.04. The standard InChI is InChI=1S/C18H26F2N2O2S/c19-16-5-6-18(17(20)13-16)25(23,24)22-11-7-15(8-12-22)14-21-9-3-1-2-4-10-21/h5-6,13,15H,1-4,7-12,14H2. The zero-order chi connectivity index (χ0) is 17.9. The lowest BCUT2D eigenvalue weighted by atomic mass is 9.97. The first-order valence-electron chi connectivity index (χ1n) is 9.14. The average Bonchev–Trinajstić information content (AvgIpc) is 2.84. The molecule has 25 heavy (non-hydrogen) atoms. The van der Waals surface area contributed by atoms with E-state index in [-0.39, 0.29) is 0 Å². The summed E-state index contributed by atoms with van der Waals surface area (Å²) in [6.07, 6.45) is 6.68. The van der Waals surface area contributed by atoms with E-state index in [1.165, 1.54) is 30.0 Å². The van der Waals surface area contributed by atoms with E-state index in [0.717, 1.165) is 44.6 Å². The smallest absolute Gasteiger partial charge is 0.245 e. The number of piperidine rings is 1. The summed E-state index contributed by atoms with van der Waals surface area (Å²) in [5.74, 6) is -1.30. The van der Waals surface area contributed by atoms with Crippen LogP contribution in [0.4, 0.5) is 8.78 Å². The van der Waals surface area contributed by atoms with E-state index in [4.69, 9.17) is 0 Å². The molecule has 0 aromatic heterocycles. The highest BCUT2D eigenvalue weighted by Gasteiger charge is 2.32. The fraction of sp³-hybridized carbons (Fsp3) is 0.667. The zero-order valence-electron chi connectivity index (χ0n) is 14.5. The first kappa shape index (κ1) is 18.7. The number of hydrogen-bond donors (Lipinski definition) is 0. The molecule has 0 N–H and O–H groups in total. The van der Waals surface area contributed by atoms with Crippen LogP contribution in [-0.4, -0.2) is 50.3 Å². The largest absolute Gasteiger partial charge is 0.303 e. The van der Waals surface area contributed by atoms with Gasteiger partial charge in [0.05, 0.1) is 0 Å². The summed E-state index contributed by atoms with van der Waals surface area (Å²) in [4.78, 5) is 2.07. The predicted molar refractivity (Wildman–Crippen MR) is 92.7 cm³/mol. The number of sulfonamides is 1. The van der Waals surface area contributed by atoms with E-state index in [9.17, 15) is 17.2 Å². The fourth-order valence-corrected chi connectivity index (χ4v) is 5.35. The number of rotatable bonds is 4. The van der Waals surface area contributed by atoms with Crippen LogP contribution in [0.15, 0.2) is 23.1 Å². The van der Waals surface area contributed by atoms with Crippen LogP contribution < -0.4 is 0 Å². The van der Waals surface area contributed by atoms with Gasteiger partial charge in [-0.05, 0) is 56.8 Å². The van der Waals surface area contributed by atoms with Gasteiger partial charge in [0.1, 0.15) is 16.5 Å². The summed E-state index contributed by atoms with van der Waals surface area (Å²) in [6, 6.07) is 2.63. The molecule has 3 rings (SSSR count). The van der Waals surface area contributed by atoms with Gasteiger partial charge in [0.15, 0.2) is 0 Å². The molecule has 7 heteroatoms. The molecule has 0 saturated carbocycles. The minimum atomic E-state index is -3.89. The van der Waals surface area contributed by atoms with E-state index in [2.05, 4.69) is 4.90 Å². The maximum Gasteiger partial charge on any atom is 0.245 e. The van der Waals surface area contributed by atoms with Gasteiger partial charge in [0, 0.05) is 25.7 Å². The molecule has 0 radical (unpaired) electrons. The van der Waals surface area contributed by atoms with Crippen LogP contribution in [0.1, 0.15) is 38.5 Å². The van der Waals surface area contributed by atoms with E-state index < -0.39 is 26.6 Å². The molecule has 2 heterocycles. The molecule has 2 aliphatic rings. The maximum atomic E-state index is 13.9. The van der Waals surface area contributed by atoms with Crippen LogP contribution >= 0.6 is 0 Å². The monoisotopic (exact) mass is 372 g/mol. The number of benzene rings is 1. The minimum Gasteiger partial charge on any atom is -0.303 e. The third-order valence-corrected chi connectivity index (χ3v) is 7.23. The SMILES string of the molecule is O=S(=O)(c1ccc(F)cc1F)N1CCC(CN2CCCCCC2)CC1. The van der Waals surface area contributed by atoms with Gasteiger partial charge in [-0.2, -0.15) is 4.31 Å². The Morgan fingerprint density at radius 3 is 2.20 bits per heavy atom. The molecule has 0 amide bonds. The minimum absolute atomic E-state index is 0.400. The van der Waals surface area contributed by atoms with Crippen molar-refractivity contribution in [3.63, 3.8) is 0 Å². The Balaban J connectivity index is 1.59. The highest BCUT2D eigenvalue weighted by atomic mass is 32.2. The molecular weight excluding hydrogens is 346 g/mol. The summed E-state index contributed by atoms with van der Waals surface area (Å²) < 4.78 is 53.5. The van der Waals surface area contributed by atoms with Gasteiger partial charge < -0.3 is 4.90 Å². The Morgan fingerprint density at radius 2 is 1.60 bits per heavy atom. The Kier molecular flexibility index (Phi) is 6.07. The molecule has 0 aliphatic carbocycles. The van der Waals surface area contributed by atoms with Crippen LogP contribution in [-0.2, 0) is 10.0 Å². The third-order valence-electron chi connectivity index (χ3n) is 5.30. The molecule has 2 saturated heterocycles. The first-order valence-corrected chi connectivity index (χ1v) is 10.6. The highest BCUT2D eigenvalue weighted by molar-refractivity contribution is 7.89. The second-order valence-electron chi connectivity index (χ2n) is 7.14. The summed E-state index contributed by atoms with van der Waals surface area (Å²) in [6.45, 7) is 4.10. The molecule has 0 unspecified atom stereocenters. The molecular formula is C18H26F2N2O2S. The van der Waals surface area contributed by atoms with E-state index >= 15 is 0 Å². The van der Waals surface area contributed by atoms with Crippen molar-refractivity contribution >= 4 is 10.0 Å². The fourth-order valence-electron chi connectivity index (χ4n) is 3.84. The number of likely N-dealkylation sites (tertiary alicyclic amines) is 1. The summed E-state index contributed by atoms with van der Waals surface area (Å²) >= 11 is 0. The lowest BCUT2D eigenvalue weighted by Crippen LogP contribution is -2.42. The van der Waals surface area contributed by atoms with Gasteiger partial charge in [-0.3, -0.25) is 0 Å². The average molecular weight is 372 g/mol. The predicted octanol–water partition coefficient (Wildman–Crippen LogP) is 3.24. The van der Waals surface area contributed by atoms with Gasteiger partial charge in [-0.15, -0.1) is 0 Å². The van der Waals surface area contributed by atoms with Crippen molar-refractivity contribution in [3.8, 4) is 0 Å². The van der Waals surface area contributed by atoms with Gasteiger partial charge in [-0.25, -0.2) is 17.2 Å². The first-order chi connectivity index (χ1) is 12.0. The van der Waals surface area contributed by atoms with Crippen LogP contribution in [0.3, 0.4) is 0 Å². The normalized spacial score (nSPS) is 22.0. The quantitative estimate of drug-likeness (QED) is 0.815. The highest BCUT2D eigenvalue weighted by Crippen LogP contribution is 2.26. The van der Waals surface area contributed by atoms with Crippen molar-refractivity contribution < 1.29 is 17.2 Å². The lowest BCUT2D eigenvalue weighted by Gasteiger charge is -2.34. The van der Waals surface area contributed by atoms with Gasteiger partial charge in [0.2, 0.25) is 10.0 Å². The van der Waals surface area contributed by atoms with Crippen LogP contribution in [0.5, 0.6) is 0 Å². The van der Waals surface area contributed by atoms with E-state index in [0.29, 0.717) is 25.1 Å². The summed E-state index contributed by atoms with van der Waals surface area (Å²) in [5.41, 5.74) is 0. The van der Waals surface area contributed by atoms with Crippen LogP contribution in [0.25, 0.3) is 0 Å². The van der Waals surface area contributed by atoms with Gasteiger partial charge in [0.25, 0.3) is 0 Å². The Labute approximate surface area is 148 Å². The Bertz CT molecular complexity index is 680. The molecule has 4 nitrogen and oxygen atoms in total. The van der Waals surface area contributed by atoms with Crippen LogP contribution in [0, 0.1) is 17.6 Å². The molecule has 0 spiro atoms. The zero-order valence-corrected chi connectivity index (χ0v) is 15.3. The Morgan fingerprint density at radius 1 is 0.960 bits per heavy atom. The third kappa shape index (κ3) is 4.57. The molecule has 1 aromatic carbocycles. The van der Waals surface area contributed by atoms with Crippen molar-refractivity contribution in [3.05, 3.63) is 29.8 Å². The Hall–Kier alpha value is -1.05. The maximum absolute atomic E-state index is 13.9. The van der Waals surface area contributed by atoms with E-state index in [1.54, 1.807) is 0 Å². The van der Waals surface area contributed by atoms with Crippen molar-refractivity contribution in [1.82, 2.24) is 9.21 Å². The van der Waals surface area contributed by atoms with Gasteiger partial charge >= 0.3 is 0 Å². The molecule has 140 valence electrons. The molecule has 0 bridgehead atoms. The second kappa shape index (κ2) is 8.10. The lowest BCUT2D eigenvalue weighted by molar-refractivity contribution is 0.186. The van der Waals surface area contributed by atoms with Crippen LogP contribution in [0.2, 0.25) is 0 Å². The van der Waals surface area contributed by atoms with Crippen molar-refractivity contribution in [1.29, 1.82) is 0 Å². The van der Waals surface area contributed by atoms with Gasteiger partial charge in [-0.1, -0.05) is 12.8 Å². The molecule has 1 aromatic rings. The topological polar surface area (TPSA) is 40.6 Å². The summed E-state index contributed by atoms with van der Waals surface area (Å²) in [7, 11) is -3.89.